The van der Waals surface area contributed by atoms with Gasteiger partial charge in [0.05, 0.1) is 6.04 Å². The molecular weight excluding hydrogens is 114 g/mol. The van der Waals surface area contributed by atoms with E-state index in [0.29, 0.717) is 6.04 Å². The van der Waals surface area contributed by atoms with E-state index in [9.17, 15) is 4.79 Å². The molecule has 0 N–H and O–H groups in total. The fourth-order valence-electron chi connectivity index (χ4n) is 1.13. The van der Waals surface area contributed by atoms with Gasteiger partial charge in [0.2, 0.25) is 5.91 Å². The van der Waals surface area contributed by atoms with E-state index >= 15 is 0 Å². The molecule has 1 aliphatic heterocycles. The fourth-order valence-corrected chi connectivity index (χ4v) is 1.13. The molecule has 2 unspecified atom stereocenters. The van der Waals surface area contributed by atoms with Crippen molar-refractivity contribution in [3.8, 4) is 0 Å². The third kappa shape index (κ3) is 1.23. The molecule has 1 radical (unpaired) electrons. The molecule has 2 atom stereocenters. The van der Waals surface area contributed by atoms with Crippen molar-refractivity contribution in [2.75, 3.05) is 0 Å². The third-order valence-corrected chi connectivity index (χ3v) is 1.83. The second-order valence-corrected chi connectivity index (χ2v) is 2.67. The van der Waals surface area contributed by atoms with Crippen LogP contribution < -0.4 is 5.32 Å². The number of amides is 1. The van der Waals surface area contributed by atoms with Crippen LogP contribution >= 0.6 is 0 Å². The molecule has 1 fully saturated rings. The van der Waals surface area contributed by atoms with E-state index < -0.39 is 0 Å². The van der Waals surface area contributed by atoms with Crippen LogP contribution in [0.25, 0.3) is 0 Å². The average molecular weight is 126 g/mol. The molecule has 0 aromatic carbocycles. The second-order valence-electron chi connectivity index (χ2n) is 2.67. The van der Waals surface area contributed by atoms with Gasteiger partial charge in [0.1, 0.15) is 0 Å². The van der Waals surface area contributed by atoms with E-state index in [-0.39, 0.29) is 11.8 Å². The lowest BCUT2D eigenvalue weighted by molar-refractivity contribution is -0.122. The van der Waals surface area contributed by atoms with Crippen LogP contribution in [0.1, 0.15) is 26.7 Å². The van der Waals surface area contributed by atoms with Crippen molar-refractivity contribution >= 4 is 5.91 Å². The number of carbonyl (C=O) groups excluding carboxylic acids is 1. The van der Waals surface area contributed by atoms with Gasteiger partial charge in [-0.25, -0.2) is 5.32 Å². The van der Waals surface area contributed by atoms with Crippen molar-refractivity contribution in [2.24, 2.45) is 5.92 Å². The molecule has 2 nitrogen and oxygen atoms in total. The Labute approximate surface area is 55.6 Å². The van der Waals surface area contributed by atoms with Gasteiger partial charge in [-0.2, -0.15) is 0 Å². The maximum atomic E-state index is 10.8. The highest BCUT2D eigenvalue weighted by Crippen LogP contribution is 2.17. The van der Waals surface area contributed by atoms with Crippen LogP contribution in [0.4, 0.5) is 0 Å². The Kier molecular flexibility index (Phi) is 1.74. The lowest BCUT2D eigenvalue weighted by Gasteiger charge is -1.99. The molecular formula is C7H12NO. The first-order valence-corrected chi connectivity index (χ1v) is 3.48. The Hall–Kier alpha value is -0.530. The second kappa shape index (κ2) is 2.38. The van der Waals surface area contributed by atoms with Crippen LogP contribution in [0.2, 0.25) is 0 Å². The van der Waals surface area contributed by atoms with Gasteiger partial charge in [-0.15, -0.1) is 0 Å². The van der Waals surface area contributed by atoms with Crippen molar-refractivity contribution in [2.45, 2.75) is 32.7 Å². The Morgan fingerprint density at radius 2 is 2.44 bits per heavy atom. The Balaban J connectivity index is 2.44. The summed E-state index contributed by atoms with van der Waals surface area (Å²) in [6.07, 6.45) is 1.98. The van der Waals surface area contributed by atoms with Crippen LogP contribution in [0.5, 0.6) is 0 Å². The molecule has 0 spiro atoms. The SMILES string of the molecule is CCC1CC(C)C(=O)[N]1. The maximum absolute atomic E-state index is 10.8. The topological polar surface area (TPSA) is 31.2 Å². The number of rotatable bonds is 1. The summed E-state index contributed by atoms with van der Waals surface area (Å²) in [7, 11) is 0. The summed E-state index contributed by atoms with van der Waals surface area (Å²) in [4.78, 5) is 10.8. The highest BCUT2D eigenvalue weighted by molar-refractivity contribution is 5.80. The lowest BCUT2D eigenvalue weighted by atomic mass is 10.1. The Bertz CT molecular complexity index is 122. The zero-order valence-corrected chi connectivity index (χ0v) is 5.92. The van der Waals surface area contributed by atoms with Gasteiger partial charge in [0, 0.05) is 5.92 Å². The van der Waals surface area contributed by atoms with Crippen LogP contribution in [0.15, 0.2) is 0 Å². The normalized spacial score (nSPS) is 34.7. The Morgan fingerprint density at radius 3 is 2.67 bits per heavy atom. The van der Waals surface area contributed by atoms with Gasteiger partial charge in [0.25, 0.3) is 0 Å². The first-order valence-electron chi connectivity index (χ1n) is 3.48. The predicted molar refractivity (Wildman–Crippen MR) is 35.0 cm³/mol. The molecule has 1 saturated heterocycles. The molecule has 51 valence electrons. The molecule has 1 heterocycles. The zero-order valence-electron chi connectivity index (χ0n) is 5.92. The highest BCUT2D eigenvalue weighted by Gasteiger charge is 2.28. The van der Waals surface area contributed by atoms with Gasteiger partial charge in [-0.3, -0.25) is 4.79 Å². The number of nitrogens with zero attached hydrogens (tertiary/aromatic N) is 1. The summed E-state index contributed by atoms with van der Waals surface area (Å²) in [5.74, 6) is 0.289. The summed E-state index contributed by atoms with van der Waals surface area (Å²) in [6, 6.07) is 0.326. The average Bonchev–Trinajstić information content (AvgIpc) is 2.13. The Morgan fingerprint density at radius 1 is 1.78 bits per heavy atom. The summed E-state index contributed by atoms with van der Waals surface area (Å²) in [5.41, 5.74) is 0. The number of hydrogen-bond acceptors (Lipinski definition) is 1. The van der Waals surface area contributed by atoms with E-state index in [1.807, 2.05) is 6.92 Å². The standard InChI is InChI=1S/C7H12NO/c1-3-6-4-5(2)7(9)8-6/h5-6H,3-4H2,1-2H3. The van der Waals surface area contributed by atoms with Gasteiger partial charge in [-0.05, 0) is 12.8 Å². The summed E-state index contributed by atoms with van der Waals surface area (Å²) >= 11 is 0. The smallest absolute Gasteiger partial charge is 0.244 e. The van der Waals surface area contributed by atoms with Gasteiger partial charge < -0.3 is 0 Å². The molecule has 0 saturated carbocycles. The first kappa shape index (κ1) is 6.59. The summed E-state index contributed by atoms with van der Waals surface area (Å²) in [5, 5.41) is 3.95. The minimum atomic E-state index is 0.0989. The van der Waals surface area contributed by atoms with E-state index in [1.54, 1.807) is 0 Å². The van der Waals surface area contributed by atoms with Gasteiger partial charge in [-0.1, -0.05) is 13.8 Å². The molecule has 9 heavy (non-hydrogen) atoms. The molecule has 0 aromatic rings. The van der Waals surface area contributed by atoms with E-state index in [0.717, 1.165) is 12.8 Å². The quantitative estimate of drug-likeness (QED) is 0.514. The number of carbonyl (C=O) groups is 1. The van der Waals surface area contributed by atoms with Crippen molar-refractivity contribution in [1.29, 1.82) is 0 Å². The molecule has 1 rings (SSSR count). The molecule has 0 aliphatic carbocycles. The van der Waals surface area contributed by atoms with Crippen molar-refractivity contribution < 1.29 is 4.79 Å². The van der Waals surface area contributed by atoms with E-state index in [2.05, 4.69) is 12.2 Å². The summed E-state index contributed by atoms with van der Waals surface area (Å²) in [6.45, 7) is 4.01. The maximum Gasteiger partial charge on any atom is 0.244 e. The molecule has 0 bridgehead atoms. The number of hydrogen-bond donors (Lipinski definition) is 0. The minimum absolute atomic E-state index is 0.0989. The van der Waals surface area contributed by atoms with Crippen LogP contribution in [0, 0.1) is 5.92 Å². The first-order chi connectivity index (χ1) is 4.24. The van der Waals surface area contributed by atoms with E-state index in [1.165, 1.54) is 0 Å². The molecule has 1 amide bonds. The van der Waals surface area contributed by atoms with Crippen molar-refractivity contribution in [1.82, 2.24) is 5.32 Å². The van der Waals surface area contributed by atoms with Crippen molar-refractivity contribution in [3.05, 3.63) is 0 Å². The van der Waals surface area contributed by atoms with E-state index in [4.69, 9.17) is 0 Å². The summed E-state index contributed by atoms with van der Waals surface area (Å²) < 4.78 is 0. The predicted octanol–water partition coefficient (Wildman–Crippen LogP) is 0.936. The largest absolute Gasteiger partial charge is 0.273 e. The van der Waals surface area contributed by atoms with Crippen LogP contribution in [-0.2, 0) is 4.79 Å². The monoisotopic (exact) mass is 126 g/mol. The fraction of sp³-hybridized carbons (Fsp3) is 0.857. The van der Waals surface area contributed by atoms with Crippen LogP contribution in [0.3, 0.4) is 0 Å². The molecule has 0 aromatic heterocycles. The van der Waals surface area contributed by atoms with Gasteiger partial charge >= 0.3 is 0 Å². The molecule has 2 heteroatoms. The highest BCUT2D eigenvalue weighted by atomic mass is 16.2. The van der Waals surface area contributed by atoms with Crippen LogP contribution in [-0.4, -0.2) is 11.9 Å². The molecule has 1 aliphatic rings. The zero-order chi connectivity index (χ0) is 6.85. The van der Waals surface area contributed by atoms with Gasteiger partial charge in [0.15, 0.2) is 0 Å². The third-order valence-electron chi connectivity index (χ3n) is 1.83. The van der Waals surface area contributed by atoms with Crippen molar-refractivity contribution in [3.63, 3.8) is 0 Å². The lowest BCUT2D eigenvalue weighted by Crippen LogP contribution is -2.16. The minimum Gasteiger partial charge on any atom is -0.273 e.